The quantitative estimate of drug-likeness (QED) is 0.823. The van der Waals surface area contributed by atoms with Gasteiger partial charge in [0.2, 0.25) is 0 Å². The van der Waals surface area contributed by atoms with E-state index in [-0.39, 0.29) is 12.0 Å². The average Bonchev–Trinajstić information content (AvgIpc) is 2.99. The van der Waals surface area contributed by atoms with Gasteiger partial charge in [-0.05, 0) is 12.8 Å². The number of ether oxygens (including phenoxy) is 1. The lowest BCUT2D eigenvalue weighted by Gasteiger charge is -2.11. The number of hydrogen-bond donors (Lipinski definition) is 1. The van der Waals surface area contributed by atoms with Crippen molar-refractivity contribution in [3.05, 3.63) is 17.8 Å². The molecule has 2 N–H and O–H groups in total. The summed E-state index contributed by atoms with van der Waals surface area (Å²) in [6.07, 6.45) is 2.42. The van der Waals surface area contributed by atoms with E-state index in [1.807, 2.05) is 0 Å². The van der Waals surface area contributed by atoms with Crippen molar-refractivity contribution in [1.29, 1.82) is 0 Å². The molecule has 0 atom stereocenters. The molecule has 0 aromatic carbocycles. The van der Waals surface area contributed by atoms with Gasteiger partial charge in [-0.15, -0.1) is 0 Å². The molecule has 1 aliphatic carbocycles. The van der Waals surface area contributed by atoms with Gasteiger partial charge in [0, 0.05) is 26.2 Å². The zero-order chi connectivity index (χ0) is 11.7. The number of pyridine rings is 1. The second-order valence-electron chi connectivity index (χ2n) is 4.13. The van der Waals surface area contributed by atoms with Crippen LogP contribution in [0.4, 0.5) is 5.82 Å². The van der Waals surface area contributed by atoms with Crippen LogP contribution in [0.5, 0.6) is 5.75 Å². The molecule has 0 saturated heterocycles. The molecule has 0 bridgehead atoms. The predicted molar refractivity (Wildman–Crippen MR) is 60.3 cm³/mol. The first-order valence-electron chi connectivity index (χ1n) is 5.22. The number of carbonyl (C=O) groups excluding carboxylic acids is 1. The second-order valence-corrected chi connectivity index (χ2v) is 4.13. The highest BCUT2D eigenvalue weighted by molar-refractivity contribution is 5.92. The Morgan fingerprint density at radius 3 is 2.75 bits per heavy atom. The van der Waals surface area contributed by atoms with Gasteiger partial charge in [-0.25, -0.2) is 4.98 Å². The average molecular weight is 221 g/mol. The molecule has 16 heavy (non-hydrogen) atoms. The minimum Gasteiger partial charge on any atom is -0.490 e. The summed E-state index contributed by atoms with van der Waals surface area (Å²) in [6, 6.07) is 3.28. The minimum absolute atomic E-state index is 0.173. The van der Waals surface area contributed by atoms with E-state index in [4.69, 9.17) is 10.5 Å². The van der Waals surface area contributed by atoms with Crippen molar-refractivity contribution in [2.75, 3.05) is 19.8 Å². The first-order valence-corrected chi connectivity index (χ1v) is 5.22. The van der Waals surface area contributed by atoms with Crippen LogP contribution in [0.1, 0.15) is 23.3 Å². The Balaban J connectivity index is 2.23. The fourth-order valence-corrected chi connectivity index (χ4v) is 1.31. The topological polar surface area (TPSA) is 68.5 Å². The van der Waals surface area contributed by atoms with Gasteiger partial charge in [0.1, 0.15) is 17.3 Å². The Hall–Kier alpha value is -1.78. The monoisotopic (exact) mass is 221 g/mol. The smallest absolute Gasteiger partial charge is 0.272 e. The highest BCUT2D eigenvalue weighted by Crippen LogP contribution is 2.27. The SMILES string of the molecule is CN(C)C(=O)c1cc(OC2CC2)cc(N)n1. The zero-order valence-electron chi connectivity index (χ0n) is 9.43. The molecule has 0 spiro atoms. The van der Waals surface area contributed by atoms with Crippen LogP contribution < -0.4 is 10.5 Å². The largest absolute Gasteiger partial charge is 0.490 e. The Morgan fingerprint density at radius 2 is 2.19 bits per heavy atom. The van der Waals surface area contributed by atoms with E-state index in [0.717, 1.165) is 12.8 Å². The summed E-state index contributed by atoms with van der Waals surface area (Å²) in [4.78, 5) is 17.2. The van der Waals surface area contributed by atoms with Gasteiger partial charge in [0.25, 0.3) is 5.91 Å². The van der Waals surface area contributed by atoms with Gasteiger partial charge in [0.05, 0.1) is 6.10 Å². The number of nitrogen functional groups attached to an aromatic ring is 1. The first kappa shape index (κ1) is 10.7. The van der Waals surface area contributed by atoms with Crippen LogP contribution in [0.2, 0.25) is 0 Å². The molecule has 1 amide bonds. The van der Waals surface area contributed by atoms with Crippen LogP contribution in [0.25, 0.3) is 0 Å². The molecule has 1 fully saturated rings. The summed E-state index contributed by atoms with van der Waals surface area (Å²) in [5, 5.41) is 0. The number of anilines is 1. The zero-order valence-corrected chi connectivity index (χ0v) is 9.43. The Labute approximate surface area is 94.2 Å². The maximum Gasteiger partial charge on any atom is 0.272 e. The van der Waals surface area contributed by atoms with Crippen molar-refractivity contribution in [1.82, 2.24) is 9.88 Å². The minimum atomic E-state index is -0.173. The Kier molecular flexibility index (Phi) is 2.68. The van der Waals surface area contributed by atoms with Gasteiger partial charge in [-0.1, -0.05) is 0 Å². The van der Waals surface area contributed by atoms with Crippen LogP contribution in [-0.4, -0.2) is 36.0 Å². The van der Waals surface area contributed by atoms with Crippen molar-refractivity contribution in [2.24, 2.45) is 0 Å². The first-order chi connectivity index (χ1) is 7.56. The maximum atomic E-state index is 11.7. The fourth-order valence-electron chi connectivity index (χ4n) is 1.31. The van der Waals surface area contributed by atoms with Crippen molar-refractivity contribution in [3.63, 3.8) is 0 Å². The molecule has 5 heteroatoms. The summed E-state index contributed by atoms with van der Waals surface area (Å²) in [7, 11) is 3.35. The van der Waals surface area contributed by atoms with Crippen LogP contribution in [0, 0.1) is 0 Å². The number of hydrogen-bond acceptors (Lipinski definition) is 4. The standard InChI is InChI=1S/C11H15N3O2/c1-14(2)11(15)9-5-8(6-10(12)13-9)16-7-3-4-7/h5-7H,3-4H2,1-2H3,(H2,12,13). The van der Waals surface area contributed by atoms with E-state index in [9.17, 15) is 4.79 Å². The third kappa shape index (κ3) is 2.42. The molecule has 86 valence electrons. The third-order valence-electron chi connectivity index (χ3n) is 2.27. The van der Waals surface area contributed by atoms with Crippen molar-refractivity contribution in [3.8, 4) is 5.75 Å². The van der Waals surface area contributed by atoms with E-state index >= 15 is 0 Å². The fraction of sp³-hybridized carbons (Fsp3) is 0.455. The molecule has 0 radical (unpaired) electrons. The number of aromatic nitrogens is 1. The lowest BCUT2D eigenvalue weighted by atomic mass is 10.3. The van der Waals surface area contributed by atoms with Crippen molar-refractivity contribution < 1.29 is 9.53 Å². The molecular formula is C11H15N3O2. The summed E-state index contributed by atoms with van der Waals surface area (Å²) >= 11 is 0. The lowest BCUT2D eigenvalue weighted by molar-refractivity contribution is 0.0821. The highest BCUT2D eigenvalue weighted by Gasteiger charge is 2.24. The normalized spacial score (nSPS) is 14.6. The predicted octanol–water partition coefficient (Wildman–Crippen LogP) is 0.907. The summed E-state index contributed by atoms with van der Waals surface area (Å²) in [5.74, 6) is 0.761. The molecule has 1 aromatic rings. The van der Waals surface area contributed by atoms with E-state index < -0.39 is 0 Å². The van der Waals surface area contributed by atoms with Crippen molar-refractivity contribution in [2.45, 2.75) is 18.9 Å². The Bertz CT molecular complexity index is 414. The summed E-state index contributed by atoms with van der Waals surface area (Å²) < 4.78 is 5.59. The molecule has 1 aromatic heterocycles. The molecule has 1 saturated carbocycles. The molecule has 5 nitrogen and oxygen atoms in total. The highest BCUT2D eigenvalue weighted by atomic mass is 16.5. The number of amides is 1. The number of nitrogens with zero attached hydrogens (tertiary/aromatic N) is 2. The lowest BCUT2D eigenvalue weighted by Crippen LogP contribution is -2.23. The summed E-state index contributed by atoms with van der Waals surface area (Å²) in [6.45, 7) is 0. The van der Waals surface area contributed by atoms with E-state index in [2.05, 4.69) is 4.98 Å². The number of carbonyl (C=O) groups is 1. The second kappa shape index (κ2) is 4.00. The van der Waals surface area contributed by atoms with Gasteiger partial charge in [-0.3, -0.25) is 4.79 Å². The van der Waals surface area contributed by atoms with E-state index in [1.165, 1.54) is 4.90 Å². The van der Waals surface area contributed by atoms with Crippen LogP contribution in [0.3, 0.4) is 0 Å². The number of rotatable bonds is 3. The molecule has 2 rings (SSSR count). The van der Waals surface area contributed by atoms with Crippen LogP contribution >= 0.6 is 0 Å². The van der Waals surface area contributed by atoms with E-state index in [1.54, 1.807) is 26.2 Å². The van der Waals surface area contributed by atoms with Gasteiger partial charge < -0.3 is 15.4 Å². The maximum absolute atomic E-state index is 11.7. The van der Waals surface area contributed by atoms with Gasteiger partial charge >= 0.3 is 0 Å². The third-order valence-corrected chi connectivity index (χ3v) is 2.27. The molecule has 1 aliphatic rings. The molecular weight excluding hydrogens is 206 g/mol. The number of nitrogens with two attached hydrogens (primary N) is 1. The Morgan fingerprint density at radius 1 is 1.50 bits per heavy atom. The summed E-state index contributed by atoms with van der Waals surface area (Å²) in [5.41, 5.74) is 5.95. The van der Waals surface area contributed by atoms with Gasteiger partial charge in [-0.2, -0.15) is 0 Å². The van der Waals surface area contributed by atoms with Crippen LogP contribution in [0.15, 0.2) is 12.1 Å². The van der Waals surface area contributed by atoms with Crippen LogP contribution in [-0.2, 0) is 0 Å². The molecule has 0 unspecified atom stereocenters. The van der Waals surface area contributed by atoms with Gasteiger partial charge in [0.15, 0.2) is 0 Å². The van der Waals surface area contributed by atoms with Crippen molar-refractivity contribution >= 4 is 11.7 Å². The molecule has 0 aliphatic heterocycles. The van der Waals surface area contributed by atoms with E-state index in [0.29, 0.717) is 17.3 Å². The molecule has 1 heterocycles.